The Morgan fingerprint density at radius 2 is 1.94 bits per heavy atom. The average molecular weight is 454 g/mol. The number of ether oxygens (including phenoxy) is 2. The van der Waals surface area contributed by atoms with Gasteiger partial charge in [-0.15, -0.1) is 0 Å². The number of hydrogen-bond donors (Lipinski definition) is 2. The number of rotatable bonds is 8. The number of fused-ring (bicyclic) bond motifs is 1. The van der Waals surface area contributed by atoms with Gasteiger partial charge in [-0.05, 0) is 50.6 Å². The summed E-state index contributed by atoms with van der Waals surface area (Å²) in [6.07, 6.45) is 0.892. The Morgan fingerprint density at radius 3 is 2.70 bits per heavy atom. The zero-order valence-electron chi connectivity index (χ0n) is 19.2. The van der Waals surface area contributed by atoms with Crippen molar-refractivity contribution in [2.45, 2.75) is 33.4 Å². The van der Waals surface area contributed by atoms with Crippen LogP contribution in [0, 0.1) is 12.3 Å². The highest BCUT2D eigenvalue weighted by atomic mass is 16.5. The van der Waals surface area contributed by atoms with Crippen molar-refractivity contribution in [2.24, 2.45) is 0 Å². The molecule has 0 unspecified atom stereocenters. The van der Waals surface area contributed by atoms with Gasteiger partial charge in [-0.25, -0.2) is 4.79 Å². The summed E-state index contributed by atoms with van der Waals surface area (Å²) in [5.74, 6) is -0.309. The summed E-state index contributed by atoms with van der Waals surface area (Å²) < 4.78 is 14.3. The van der Waals surface area contributed by atoms with Crippen molar-refractivity contribution < 1.29 is 19.4 Å². The number of pyridine rings is 1. The molecule has 0 spiro atoms. The fourth-order valence-corrected chi connectivity index (χ4v) is 4.22. The summed E-state index contributed by atoms with van der Waals surface area (Å²) in [6, 6.07) is 8.74. The zero-order valence-corrected chi connectivity index (χ0v) is 19.2. The maximum Gasteiger partial charge on any atom is 0.338 e. The summed E-state index contributed by atoms with van der Waals surface area (Å²) in [4.78, 5) is 19.2. The van der Waals surface area contributed by atoms with E-state index in [-0.39, 0.29) is 12.3 Å². The molecule has 2 N–H and O–H groups in total. The van der Waals surface area contributed by atoms with Crippen LogP contribution in [0.2, 0.25) is 0 Å². The molecule has 1 aliphatic rings. The average Bonchev–Trinajstić information content (AvgIpc) is 3.07. The van der Waals surface area contributed by atoms with Gasteiger partial charge in [-0.3, -0.25) is 15.3 Å². The second-order valence-corrected chi connectivity index (χ2v) is 8.21. The van der Waals surface area contributed by atoms with Gasteiger partial charge >= 0.3 is 5.97 Å². The van der Waals surface area contributed by atoms with Crippen LogP contribution in [-0.4, -0.2) is 69.5 Å². The van der Waals surface area contributed by atoms with E-state index in [0.29, 0.717) is 30.0 Å². The van der Waals surface area contributed by atoms with Crippen molar-refractivity contribution in [3.8, 4) is 5.75 Å². The number of aromatic hydroxyl groups is 1. The quantitative estimate of drug-likeness (QED) is 0.507. The van der Waals surface area contributed by atoms with Crippen LogP contribution < -0.4 is 5.62 Å². The summed E-state index contributed by atoms with van der Waals surface area (Å²) >= 11 is 0. The number of imidazole rings is 1. The summed E-state index contributed by atoms with van der Waals surface area (Å²) in [7, 11) is 0. The first-order valence-electron chi connectivity index (χ1n) is 11.4. The fraction of sp³-hybridized carbons (Fsp3) is 0.458. The molecular weight excluding hydrogens is 422 g/mol. The second-order valence-electron chi connectivity index (χ2n) is 8.21. The van der Waals surface area contributed by atoms with Crippen LogP contribution in [-0.2, 0) is 22.6 Å². The monoisotopic (exact) mass is 453 g/mol. The smallest absolute Gasteiger partial charge is 0.338 e. The molecule has 3 aromatic rings. The lowest BCUT2D eigenvalue weighted by atomic mass is 10.2. The van der Waals surface area contributed by atoms with Crippen molar-refractivity contribution in [3.63, 3.8) is 0 Å². The predicted molar refractivity (Wildman–Crippen MR) is 123 cm³/mol. The van der Waals surface area contributed by atoms with E-state index in [2.05, 4.69) is 9.88 Å². The maximum atomic E-state index is 12.3. The Bertz CT molecular complexity index is 1190. The summed E-state index contributed by atoms with van der Waals surface area (Å²) in [5.41, 5.74) is 3.61. The molecule has 1 fully saturated rings. The Morgan fingerprint density at radius 1 is 1.15 bits per heavy atom. The molecule has 0 atom stereocenters. The van der Waals surface area contributed by atoms with Crippen LogP contribution in [0.25, 0.3) is 11.0 Å². The number of morpholine rings is 1. The van der Waals surface area contributed by atoms with E-state index < -0.39 is 5.97 Å². The van der Waals surface area contributed by atoms with Crippen LogP contribution in [0.1, 0.15) is 35.1 Å². The van der Waals surface area contributed by atoms with Crippen LogP contribution in [0.4, 0.5) is 0 Å². The van der Waals surface area contributed by atoms with E-state index in [1.54, 1.807) is 35.8 Å². The Labute approximate surface area is 192 Å². The molecule has 2 aromatic heterocycles. The molecule has 0 saturated carbocycles. The molecular formula is C24H31N5O4. The molecule has 0 bridgehead atoms. The number of aromatic nitrogens is 3. The molecule has 3 heterocycles. The highest BCUT2D eigenvalue weighted by molar-refractivity contribution is 5.93. The molecule has 1 saturated heterocycles. The summed E-state index contributed by atoms with van der Waals surface area (Å²) in [5, 5.41) is 19.2. The summed E-state index contributed by atoms with van der Waals surface area (Å²) in [6.45, 7) is 9.16. The molecule has 1 aliphatic heterocycles. The van der Waals surface area contributed by atoms with Crippen LogP contribution in [0.15, 0.2) is 30.3 Å². The van der Waals surface area contributed by atoms with Gasteiger partial charge in [0.1, 0.15) is 11.4 Å². The Balaban J connectivity index is 1.69. The lowest BCUT2D eigenvalue weighted by Crippen LogP contribution is -2.37. The topological polar surface area (TPSA) is 106 Å². The van der Waals surface area contributed by atoms with Gasteiger partial charge in [0.15, 0.2) is 0 Å². The minimum Gasteiger partial charge on any atom is -0.506 e. The Hall–Kier alpha value is -3.17. The molecule has 0 radical (unpaired) electrons. The third kappa shape index (κ3) is 5.09. The lowest BCUT2D eigenvalue weighted by Gasteiger charge is -2.26. The second kappa shape index (κ2) is 10.2. The molecule has 4 rings (SSSR count). The van der Waals surface area contributed by atoms with E-state index in [0.717, 1.165) is 56.0 Å². The molecule has 0 aliphatic carbocycles. The van der Waals surface area contributed by atoms with E-state index >= 15 is 0 Å². The third-order valence-corrected chi connectivity index (χ3v) is 5.94. The van der Waals surface area contributed by atoms with Gasteiger partial charge < -0.3 is 23.7 Å². The van der Waals surface area contributed by atoms with Gasteiger partial charge in [0.2, 0.25) is 5.62 Å². The number of aryl methyl sites for hydroxylation is 2. The van der Waals surface area contributed by atoms with Crippen molar-refractivity contribution in [2.75, 3.05) is 39.5 Å². The van der Waals surface area contributed by atoms with E-state index in [1.165, 1.54) is 0 Å². The van der Waals surface area contributed by atoms with E-state index in [4.69, 9.17) is 14.9 Å². The minimum atomic E-state index is -0.394. The van der Waals surface area contributed by atoms with Gasteiger partial charge in [0, 0.05) is 31.9 Å². The van der Waals surface area contributed by atoms with E-state index in [9.17, 15) is 9.90 Å². The first-order chi connectivity index (χ1) is 16.0. The van der Waals surface area contributed by atoms with Crippen LogP contribution >= 0.6 is 0 Å². The van der Waals surface area contributed by atoms with Gasteiger partial charge in [0.05, 0.1) is 43.0 Å². The normalized spacial score (nSPS) is 14.6. The first kappa shape index (κ1) is 23.0. The highest BCUT2D eigenvalue weighted by Gasteiger charge is 2.17. The molecule has 1 aromatic carbocycles. The first-order valence-corrected chi connectivity index (χ1v) is 11.4. The number of hydrogen-bond acceptors (Lipinski definition) is 7. The molecule has 0 amide bonds. The number of nitrogens with zero attached hydrogens (tertiary/aromatic N) is 4. The van der Waals surface area contributed by atoms with Crippen LogP contribution in [0.3, 0.4) is 0 Å². The fourth-order valence-electron chi connectivity index (χ4n) is 4.22. The standard InChI is InChI=1S/C24H31N5O4/c1-3-33-23(31)18-6-7-20-21(15-18)29(16-19-22(30)8-5-17(2)26-19)24(25)28(20)10-4-9-27-11-13-32-14-12-27/h5-8,15,25,30H,3-4,9-14,16H2,1-2H3. The largest absolute Gasteiger partial charge is 0.506 e. The molecule has 9 heteroatoms. The van der Waals surface area contributed by atoms with Crippen LogP contribution in [0.5, 0.6) is 5.75 Å². The third-order valence-electron chi connectivity index (χ3n) is 5.94. The minimum absolute atomic E-state index is 0.0854. The molecule has 9 nitrogen and oxygen atoms in total. The van der Waals surface area contributed by atoms with Crippen molar-refractivity contribution in [1.82, 2.24) is 19.0 Å². The number of esters is 1. The van der Waals surface area contributed by atoms with Crippen molar-refractivity contribution >= 4 is 17.0 Å². The highest BCUT2D eigenvalue weighted by Crippen LogP contribution is 2.21. The van der Waals surface area contributed by atoms with Crippen molar-refractivity contribution in [1.29, 1.82) is 5.41 Å². The number of benzene rings is 1. The van der Waals surface area contributed by atoms with Gasteiger partial charge in [0.25, 0.3) is 0 Å². The predicted octanol–water partition coefficient (Wildman–Crippen LogP) is 2.28. The van der Waals surface area contributed by atoms with Gasteiger partial charge in [-0.2, -0.15) is 0 Å². The van der Waals surface area contributed by atoms with Crippen molar-refractivity contribution in [3.05, 3.63) is 52.9 Å². The lowest BCUT2D eigenvalue weighted by molar-refractivity contribution is 0.0369. The number of carbonyl (C=O) groups is 1. The Kier molecular flexibility index (Phi) is 7.10. The number of carbonyl (C=O) groups excluding carboxylic acids is 1. The zero-order chi connectivity index (χ0) is 23.4. The molecule has 33 heavy (non-hydrogen) atoms. The SMILES string of the molecule is CCOC(=O)c1ccc2c(c1)n(Cc1nc(C)ccc1O)c(=N)n2CCCN1CCOCC1. The number of nitrogens with one attached hydrogen (secondary N) is 1. The molecule has 176 valence electrons. The van der Waals surface area contributed by atoms with E-state index in [1.807, 2.05) is 17.6 Å². The maximum absolute atomic E-state index is 12.3. The van der Waals surface area contributed by atoms with Gasteiger partial charge in [-0.1, -0.05) is 0 Å².